The van der Waals surface area contributed by atoms with Crippen LogP contribution < -0.4 is 20.1 Å². The quantitative estimate of drug-likeness (QED) is 0.629. The van der Waals surface area contributed by atoms with Gasteiger partial charge >= 0.3 is 5.97 Å². The van der Waals surface area contributed by atoms with Crippen LogP contribution >= 0.6 is 0 Å². The van der Waals surface area contributed by atoms with Gasteiger partial charge in [-0.1, -0.05) is 31.0 Å². The molecular formula is C23H26N2O6. The van der Waals surface area contributed by atoms with Crippen LogP contribution in [0.5, 0.6) is 11.5 Å². The third-order valence-electron chi connectivity index (χ3n) is 5.09. The fourth-order valence-corrected chi connectivity index (χ4v) is 3.57. The molecule has 0 unspecified atom stereocenters. The topological polar surface area (TPSA) is 103 Å². The lowest BCUT2D eigenvalue weighted by atomic mass is 10.1. The summed E-state index contributed by atoms with van der Waals surface area (Å²) in [4.78, 5) is 37.4. The Balaban J connectivity index is 1.61. The maximum absolute atomic E-state index is 12.6. The van der Waals surface area contributed by atoms with Gasteiger partial charge in [-0.3, -0.25) is 9.59 Å². The number of hydrogen-bond donors (Lipinski definition) is 2. The number of carbonyl (C=O) groups is 3. The van der Waals surface area contributed by atoms with Gasteiger partial charge in [0.25, 0.3) is 11.8 Å². The van der Waals surface area contributed by atoms with Crippen LogP contribution in [0.15, 0.2) is 42.5 Å². The van der Waals surface area contributed by atoms with Gasteiger partial charge in [-0.15, -0.1) is 0 Å². The van der Waals surface area contributed by atoms with Crippen molar-refractivity contribution in [1.29, 1.82) is 0 Å². The van der Waals surface area contributed by atoms with E-state index in [1.807, 2.05) is 0 Å². The van der Waals surface area contributed by atoms with E-state index in [1.165, 1.54) is 20.3 Å². The molecule has 0 atom stereocenters. The lowest BCUT2D eigenvalue weighted by molar-refractivity contribution is -0.119. The van der Waals surface area contributed by atoms with Crippen LogP contribution in [0.3, 0.4) is 0 Å². The minimum Gasteiger partial charge on any atom is -0.493 e. The number of amides is 2. The van der Waals surface area contributed by atoms with Crippen molar-refractivity contribution in [2.24, 2.45) is 0 Å². The molecule has 0 aromatic heterocycles. The third kappa shape index (κ3) is 5.53. The lowest BCUT2D eigenvalue weighted by Crippen LogP contribution is -2.33. The standard InChI is InChI=1S/C23H26N2O6/c1-29-19-13-7-11-17(21(19)30-2)23(28)31-14-20(26)25-18-12-6-5-10-16(18)22(27)24-15-8-3-4-9-15/h5-7,10-13,15H,3-4,8-9,14H2,1-2H3,(H,24,27)(H,25,26). The van der Waals surface area contributed by atoms with Gasteiger partial charge in [-0.05, 0) is 37.1 Å². The van der Waals surface area contributed by atoms with Gasteiger partial charge in [0, 0.05) is 6.04 Å². The smallest absolute Gasteiger partial charge is 0.342 e. The number of carbonyl (C=O) groups excluding carboxylic acids is 3. The van der Waals surface area contributed by atoms with E-state index >= 15 is 0 Å². The summed E-state index contributed by atoms with van der Waals surface area (Å²) in [5.41, 5.74) is 0.868. The molecule has 1 aliphatic carbocycles. The number of nitrogens with one attached hydrogen (secondary N) is 2. The minimum absolute atomic E-state index is 0.144. The summed E-state index contributed by atoms with van der Waals surface area (Å²) >= 11 is 0. The highest BCUT2D eigenvalue weighted by Crippen LogP contribution is 2.31. The first kappa shape index (κ1) is 22.1. The van der Waals surface area contributed by atoms with Crippen LogP contribution in [-0.4, -0.2) is 44.7 Å². The van der Waals surface area contributed by atoms with Crippen LogP contribution in [0.2, 0.25) is 0 Å². The second kappa shape index (κ2) is 10.5. The monoisotopic (exact) mass is 426 g/mol. The molecule has 1 saturated carbocycles. The second-order valence-electron chi connectivity index (χ2n) is 7.17. The van der Waals surface area contributed by atoms with Crippen LogP contribution in [0.25, 0.3) is 0 Å². The Morgan fingerprint density at radius 1 is 0.935 bits per heavy atom. The van der Waals surface area contributed by atoms with Gasteiger partial charge in [0.05, 0.1) is 25.5 Å². The molecule has 0 aliphatic heterocycles. The first-order valence-electron chi connectivity index (χ1n) is 10.1. The molecule has 2 N–H and O–H groups in total. The van der Waals surface area contributed by atoms with Crippen molar-refractivity contribution in [2.75, 3.05) is 26.1 Å². The van der Waals surface area contributed by atoms with Crippen molar-refractivity contribution in [3.05, 3.63) is 53.6 Å². The molecule has 1 aliphatic rings. The van der Waals surface area contributed by atoms with Gasteiger partial charge in [0.15, 0.2) is 18.1 Å². The molecule has 2 aromatic carbocycles. The molecule has 8 heteroatoms. The van der Waals surface area contributed by atoms with E-state index in [0.717, 1.165) is 25.7 Å². The number of benzene rings is 2. The number of para-hydroxylation sites is 2. The molecule has 2 aromatic rings. The highest BCUT2D eigenvalue weighted by molar-refractivity contribution is 6.04. The zero-order chi connectivity index (χ0) is 22.2. The molecular weight excluding hydrogens is 400 g/mol. The number of rotatable bonds is 8. The van der Waals surface area contributed by atoms with E-state index in [1.54, 1.807) is 36.4 Å². The van der Waals surface area contributed by atoms with E-state index in [9.17, 15) is 14.4 Å². The number of ether oxygens (including phenoxy) is 3. The highest BCUT2D eigenvalue weighted by atomic mass is 16.5. The molecule has 0 spiro atoms. The Hall–Kier alpha value is -3.55. The van der Waals surface area contributed by atoms with Crippen LogP contribution in [-0.2, 0) is 9.53 Å². The summed E-state index contributed by atoms with van der Waals surface area (Å²) in [6.45, 7) is -0.516. The van der Waals surface area contributed by atoms with Crippen LogP contribution in [0.4, 0.5) is 5.69 Å². The van der Waals surface area contributed by atoms with Crippen molar-refractivity contribution in [3.8, 4) is 11.5 Å². The van der Waals surface area contributed by atoms with Gasteiger partial charge < -0.3 is 24.8 Å². The van der Waals surface area contributed by atoms with Crippen molar-refractivity contribution >= 4 is 23.5 Å². The Bertz CT molecular complexity index is 953. The second-order valence-corrected chi connectivity index (χ2v) is 7.17. The summed E-state index contributed by atoms with van der Waals surface area (Å²) in [5.74, 6) is -0.914. The molecule has 0 radical (unpaired) electrons. The van der Waals surface area contributed by atoms with Gasteiger partial charge in [-0.2, -0.15) is 0 Å². The zero-order valence-electron chi connectivity index (χ0n) is 17.6. The summed E-state index contributed by atoms with van der Waals surface area (Å²) in [7, 11) is 2.87. The Morgan fingerprint density at radius 3 is 2.35 bits per heavy atom. The molecule has 31 heavy (non-hydrogen) atoms. The highest BCUT2D eigenvalue weighted by Gasteiger charge is 2.21. The van der Waals surface area contributed by atoms with Crippen molar-refractivity contribution in [1.82, 2.24) is 5.32 Å². The normalized spacial score (nSPS) is 13.4. The molecule has 2 amide bonds. The van der Waals surface area contributed by atoms with Crippen molar-refractivity contribution in [2.45, 2.75) is 31.7 Å². The SMILES string of the molecule is COc1cccc(C(=O)OCC(=O)Nc2ccccc2C(=O)NC2CCCC2)c1OC. The number of anilines is 1. The van der Waals surface area contributed by atoms with Crippen LogP contribution in [0.1, 0.15) is 46.4 Å². The maximum Gasteiger partial charge on any atom is 0.342 e. The average molecular weight is 426 g/mol. The summed E-state index contributed by atoms with van der Waals surface area (Å²) in [5, 5.41) is 5.64. The Labute approximate surface area is 180 Å². The Kier molecular flexibility index (Phi) is 7.48. The number of methoxy groups -OCH3 is 2. The first-order chi connectivity index (χ1) is 15.0. The molecule has 0 bridgehead atoms. The van der Waals surface area contributed by atoms with E-state index < -0.39 is 18.5 Å². The van der Waals surface area contributed by atoms with E-state index in [4.69, 9.17) is 14.2 Å². The fraction of sp³-hybridized carbons (Fsp3) is 0.348. The van der Waals surface area contributed by atoms with Gasteiger partial charge in [-0.25, -0.2) is 4.79 Å². The van der Waals surface area contributed by atoms with Crippen molar-refractivity contribution in [3.63, 3.8) is 0 Å². The average Bonchev–Trinajstić information content (AvgIpc) is 3.30. The maximum atomic E-state index is 12.6. The summed E-state index contributed by atoms with van der Waals surface area (Å²) in [6, 6.07) is 11.7. The molecule has 3 rings (SSSR count). The minimum atomic E-state index is -0.724. The largest absolute Gasteiger partial charge is 0.493 e. The third-order valence-corrected chi connectivity index (χ3v) is 5.09. The molecule has 164 valence electrons. The number of esters is 1. The molecule has 0 saturated heterocycles. The Morgan fingerprint density at radius 2 is 1.65 bits per heavy atom. The predicted octanol–water partition coefficient (Wildman–Crippen LogP) is 3.17. The fourth-order valence-electron chi connectivity index (χ4n) is 3.57. The zero-order valence-corrected chi connectivity index (χ0v) is 17.6. The summed E-state index contributed by atoms with van der Waals surface area (Å²) in [6.07, 6.45) is 4.13. The predicted molar refractivity (Wildman–Crippen MR) is 115 cm³/mol. The number of hydrogen-bond acceptors (Lipinski definition) is 6. The van der Waals surface area contributed by atoms with E-state index in [-0.39, 0.29) is 23.3 Å². The van der Waals surface area contributed by atoms with Crippen LogP contribution in [0, 0.1) is 0 Å². The van der Waals surface area contributed by atoms with Crippen molar-refractivity contribution < 1.29 is 28.6 Å². The van der Waals surface area contributed by atoms with E-state index in [2.05, 4.69) is 10.6 Å². The first-order valence-corrected chi connectivity index (χ1v) is 10.1. The molecule has 0 heterocycles. The molecule has 8 nitrogen and oxygen atoms in total. The summed E-state index contributed by atoms with van der Waals surface area (Å²) < 4.78 is 15.5. The van der Waals surface area contributed by atoms with E-state index in [0.29, 0.717) is 17.0 Å². The van der Waals surface area contributed by atoms with Gasteiger partial charge in [0.1, 0.15) is 5.56 Å². The lowest BCUT2D eigenvalue weighted by Gasteiger charge is -2.15. The molecule has 1 fully saturated rings. The van der Waals surface area contributed by atoms with Gasteiger partial charge in [0.2, 0.25) is 0 Å².